The van der Waals surface area contributed by atoms with Crippen LogP contribution in [0.3, 0.4) is 0 Å². The Morgan fingerprint density at radius 1 is 1.28 bits per heavy atom. The van der Waals surface area contributed by atoms with E-state index in [0.717, 1.165) is 13.1 Å². The third-order valence-electron chi connectivity index (χ3n) is 4.38. The molecule has 0 unspecified atom stereocenters. The Labute approximate surface area is 150 Å². The second-order valence-corrected chi connectivity index (χ2v) is 7.21. The monoisotopic (exact) mass is 365 g/mol. The van der Waals surface area contributed by atoms with E-state index in [9.17, 15) is 9.59 Å². The van der Waals surface area contributed by atoms with Crippen LogP contribution in [0.1, 0.15) is 40.3 Å². The molecule has 0 spiro atoms. The lowest BCUT2D eigenvalue weighted by molar-refractivity contribution is 0.0393. The summed E-state index contributed by atoms with van der Waals surface area (Å²) in [5.41, 5.74) is 0.433. The number of ether oxygens (including phenoxy) is 2. The highest BCUT2D eigenvalue weighted by Crippen LogP contribution is 2.27. The summed E-state index contributed by atoms with van der Waals surface area (Å²) < 4.78 is 10.0. The molecule has 0 aliphatic carbocycles. The number of rotatable bonds is 6. The number of carbonyl (C=O) groups is 1. The van der Waals surface area contributed by atoms with E-state index in [1.54, 1.807) is 14.0 Å². The van der Waals surface area contributed by atoms with Crippen molar-refractivity contribution in [1.82, 2.24) is 14.9 Å². The first-order valence-electron chi connectivity index (χ1n) is 8.51. The van der Waals surface area contributed by atoms with Gasteiger partial charge in [-0.2, -0.15) is 0 Å². The standard InChI is InChI=1S/C17H23N3O4S/c1-11-13-15(21)18-12(10-20-6-4-3-5-7-20)19-16(13)25-14(11)17(22)24-9-8-23-2/h3-10H2,1-2H3,(H,18,19,21). The van der Waals surface area contributed by atoms with Crippen LogP contribution < -0.4 is 5.56 Å². The van der Waals surface area contributed by atoms with Gasteiger partial charge in [-0.05, 0) is 38.4 Å². The lowest BCUT2D eigenvalue weighted by atomic mass is 10.1. The fourth-order valence-electron chi connectivity index (χ4n) is 3.07. The number of hydrogen-bond donors (Lipinski definition) is 1. The quantitative estimate of drug-likeness (QED) is 0.623. The smallest absolute Gasteiger partial charge is 0.348 e. The molecule has 2 aromatic rings. The summed E-state index contributed by atoms with van der Waals surface area (Å²) in [5, 5.41) is 0.478. The van der Waals surface area contributed by atoms with E-state index in [1.165, 1.54) is 30.6 Å². The fourth-order valence-corrected chi connectivity index (χ4v) is 4.17. The molecule has 0 aromatic carbocycles. The number of carbonyl (C=O) groups excluding carboxylic acids is 1. The van der Waals surface area contributed by atoms with Gasteiger partial charge in [-0.15, -0.1) is 11.3 Å². The van der Waals surface area contributed by atoms with E-state index in [-0.39, 0.29) is 12.2 Å². The highest BCUT2D eigenvalue weighted by Gasteiger charge is 2.21. The van der Waals surface area contributed by atoms with Crippen molar-refractivity contribution >= 4 is 27.5 Å². The van der Waals surface area contributed by atoms with Crippen molar-refractivity contribution in [3.8, 4) is 0 Å². The van der Waals surface area contributed by atoms with E-state index in [1.807, 2.05) is 0 Å². The van der Waals surface area contributed by atoms with Crippen LogP contribution in [0.4, 0.5) is 0 Å². The number of H-pyrrole nitrogens is 1. The van der Waals surface area contributed by atoms with Crippen LogP contribution >= 0.6 is 11.3 Å². The van der Waals surface area contributed by atoms with Crippen molar-refractivity contribution in [2.24, 2.45) is 0 Å². The maximum atomic E-state index is 12.5. The molecular weight excluding hydrogens is 342 g/mol. The van der Waals surface area contributed by atoms with Gasteiger partial charge in [0.1, 0.15) is 22.1 Å². The molecule has 1 aliphatic rings. The minimum Gasteiger partial charge on any atom is -0.459 e. The minimum absolute atomic E-state index is 0.188. The fraction of sp³-hybridized carbons (Fsp3) is 0.588. The van der Waals surface area contributed by atoms with Crippen molar-refractivity contribution in [2.45, 2.75) is 32.7 Å². The first-order valence-corrected chi connectivity index (χ1v) is 9.32. The molecule has 1 fully saturated rings. The number of piperidine rings is 1. The first kappa shape index (κ1) is 18.0. The van der Waals surface area contributed by atoms with Gasteiger partial charge in [-0.1, -0.05) is 6.42 Å². The Kier molecular flexibility index (Phi) is 5.82. The van der Waals surface area contributed by atoms with Crippen molar-refractivity contribution < 1.29 is 14.3 Å². The average Bonchev–Trinajstić information content (AvgIpc) is 2.93. The van der Waals surface area contributed by atoms with Crippen molar-refractivity contribution in [2.75, 3.05) is 33.4 Å². The number of thiophene rings is 1. The summed E-state index contributed by atoms with van der Waals surface area (Å²) in [5.74, 6) is 0.217. The van der Waals surface area contributed by atoms with Crippen molar-refractivity contribution in [1.29, 1.82) is 0 Å². The molecule has 8 heteroatoms. The predicted octanol–water partition coefficient (Wildman–Crippen LogP) is 2.08. The number of aryl methyl sites for hydroxylation is 1. The Balaban J connectivity index is 1.85. The molecule has 0 bridgehead atoms. The number of methoxy groups -OCH3 is 1. The topological polar surface area (TPSA) is 84.5 Å². The predicted molar refractivity (Wildman–Crippen MR) is 96.3 cm³/mol. The summed E-state index contributed by atoms with van der Waals surface area (Å²) >= 11 is 1.22. The molecule has 3 rings (SSSR count). The molecule has 25 heavy (non-hydrogen) atoms. The van der Waals surface area contributed by atoms with Crippen LogP contribution in [0.5, 0.6) is 0 Å². The number of fused-ring (bicyclic) bond motifs is 1. The van der Waals surface area contributed by atoms with Gasteiger partial charge < -0.3 is 14.5 Å². The molecule has 0 radical (unpaired) electrons. The summed E-state index contributed by atoms with van der Waals surface area (Å²) in [7, 11) is 1.55. The zero-order valence-electron chi connectivity index (χ0n) is 14.6. The van der Waals surface area contributed by atoms with Crippen LogP contribution in [0.15, 0.2) is 4.79 Å². The van der Waals surface area contributed by atoms with Gasteiger partial charge in [-0.25, -0.2) is 9.78 Å². The summed E-state index contributed by atoms with van der Waals surface area (Å²) in [6, 6.07) is 0. The van der Waals surface area contributed by atoms with Crippen LogP contribution in [-0.4, -0.2) is 54.3 Å². The molecule has 136 valence electrons. The van der Waals surface area contributed by atoms with Crippen LogP contribution in [-0.2, 0) is 16.0 Å². The third-order valence-corrected chi connectivity index (χ3v) is 5.54. The molecule has 7 nitrogen and oxygen atoms in total. The number of aromatic amines is 1. The number of nitrogens with zero attached hydrogens (tertiary/aromatic N) is 2. The lowest BCUT2D eigenvalue weighted by Crippen LogP contribution is -2.30. The largest absolute Gasteiger partial charge is 0.459 e. The minimum atomic E-state index is -0.436. The summed E-state index contributed by atoms with van der Waals surface area (Å²) in [6.07, 6.45) is 3.63. The van der Waals surface area contributed by atoms with E-state index in [4.69, 9.17) is 9.47 Å². The number of nitrogens with one attached hydrogen (secondary N) is 1. The summed E-state index contributed by atoms with van der Waals surface area (Å²) in [4.78, 5) is 35.5. The highest BCUT2D eigenvalue weighted by atomic mass is 32.1. The first-order chi connectivity index (χ1) is 12.1. The number of esters is 1. The van der Waals surface area contributed by atoms with Gasteiger partial charge in [-0.3, -0.25) is 9.69 Å². The second-order valence-electron chi connectivity index (χ2n) is 6.21. The molecule has 1 saturated heterocycles. The zero-order valence-corrected chi connectivity index (χ0v) is 15.4. The van der Waals surface area contributed by atoms with Crippen molar-refractivity contribution in [3.05, 3.63) is 26.6 Å². The molecular formula is C17H23N3O4S. The van der Waals surface area contributed by atoms with Gasteiger partial charge in [0.15, 0.2) is 0 Å². The van der Waals surface area contributed by atoms with Gasteiger partial charge in [0, 0.05) is 7.11 Å². The molecule has 2 aromatic heterocycles. The van der Waals surface area contributed by atoms with Crippen LogP contribution in [0, 0.1) is 6.92 Å². The SMILES string of the molecule is COCCOC(=O)c1sc2nc(CN3CCCCC3)[nH]c(=O)c2c1C. The number of hydrogen-bond acceptors (Lipinski definition) is 7. The van der Waals surface area contributed by atoms with Crippen LogP contribution in [0.2, 0.25) is 0 Å². The van der Waals surface area contributed by atoms with Crippen molar-refractivity contribution in [3.63, 3.8) is 0 Å². The summed E-state index contributed by atoms with van der Waals surface area (Å²) in [6.45, 7) is 4.98. The highest BCUT2D eigenvalue weighted by molar-refractivity contribution is 7.20. The van der Waals surface area contributed by atoms with E-state index >= 15 is 0 Å². The normalized spacial score (nSPS) is 15.6. The molecule has 0 atom stereocenters. The molecule has 0 amide bonds. The Bertz CT molecular complexity index is 808. The molecule has 1 aliphatic heterocycles. The van der Waals surface area contributed by atoms with E-state index in [0.29, 0.717) is 39.6 Å². The van der Waals surface area contributed by atoms with Gasteiger partial charge >= 0.3 is 5.97 Å². The average molecular weight is 365 g/mol. The van der Waals surface area contributed by atoms with Crippen LogP contribution in [0.25, 0.3) is 10.2 Å². The Morgan fingerprint density at radius 3 is 2.76 bits per heavy atom. The zero-order chi connectivity index (χ0) is 17.8. The Hall–Kier alpha value is -1.77. The number of likely N-dealkylation sites (tertiary alicyclic amines) is 1. The Morgan fingerprint density at radius 2 is 2.04 bits per heavy atom. The molecule has 1 N–H and O–H groups in total. The van der Waals surface area contributed by atoms with E-state index in [2.05, 4.69) is 14.9 Å². The van der Waals surface area contributed by atoms with Gasteiger partial charge in [0.05, 0.1) is 18.5 Å². The maximum absolute atomic E-state index is 12.5. The van der Waals surface area contributed by atoms with Gasteiger partial charge in [0.25, 0.3) is 5.56 Å². The third kappa shape index (κ3) is 4.08. The number of aromatic nitrogens is 2. The van der Waals surface area contributed by atoms with Gasteiger partial charge in [0.2, 0.25) is 0 Å². The molecule has 3 heterocycles. The van der Waals surface area contributed by atoms with E-state index < -0.39 is 5.97 Å². The maximum Gasteiger partial charge on any atom is 0.348 e. The molecule has 0 saturated carbocycles. The lowest BCUT2D eigenvalue weighted by Gasteiger charge is -2.25. The second kappa shape index (κ2) is 8.07.